The summed E-state index contributed by atoms with van der Waals surface area (Å²) >= 11 is 3.42. The van der Waals surface area contributed by atoms with Crippen LogP contribution in [0.2, 0.25) is 0 Å². The van der Waals surface area contributed by atoms with Crippen LogP contribution >= 0.6 is 22.7 Å². The van der Waals surface area contributed by atoms with Gasteiger partial charge in [0.1, 0.15) is 10.0 Å². The zero-order valence-corrected chi connectivity index (χ0v) is 16.7. The lowest BCUT2D eigenvalue weighted by molar-refractivity contribution is 1.07. The van der Waals surface area contributed by atoms with Crippen molar-refractivity contribution in [1.82, 2.24) is 9.97 Å². The molecule has 4 heteroatoms. The fraction of sp³-hybridized carbons (Fsp3) is 0.0833. The summed E-state index contributed by atoms with van der Waals surface area (Å²) in [5, 5.41) is 7.32. The van der Waals surface area contributed by atoms with Crippen molar-refractivity contribution in [2.45, 2.75) is 12.8 Å². The Bertz CT molecular complexity index is 1440. The summed E-state index contributed by atoms with van der Waals surface area (Å²) in [5.41, 5.74) is 2.56. The van der Waals surface area contributed by atoms with Crippen molar-refractivity contribution in [3.05, 3.63) is 82.2 Å². The minimum atomic E-state index is 1.04. The maximum Gasteiger partial charge on any atom is 0.155 e. The third-order valence-corrected chi connectivity index (χ3v) is 7.42. The molecule has 2 heterocycles. The number of hydrogen-bond acceptors (Lipinski definition) is 4. The largest absolute Gasteiger partial charge is 0.224 e. The van der Waals surface area contributed by atoms with Crippen molar-refractivity contribution in [1.29, 1.82) is 0 Å². The number of thiazole rings is 2. The van der Waals surface area contributed by atoms with Gasteiger partial charge in [-0.3, -0.25) is 0 Å². The molecule has 2 aromatic heterocycles. The molecule has 2 nitrogen and oxygen atoms in total. The van der Waals surface area contributed by atoms with E-state index in [1.807, 2.05) is 0 Å². The molecule has 0 bridgehead atoms. The average molecular weight is 397 g/mol. The Hall–Kier alpha value is -2.82. The maximum absolute atomic E-state index is 4.99. The lowest BCUT2D eigenvalue weighted by Gasteiger charge is -2.08. The predicted molar refractivity (Wildman–Crippen MR) is 120 cm³/mol. The first-order valence-electron chi connectivity index (χ1n) is 9.41. The summed E-state index contributed by atoms with van der Waals surface area (Å²) in [6.07, 6.45) is 4.45. The predicted octanol–water partition coefficient (Wildman–Crippen LogP) is 5.35. The molecule has 1 aliphatic rings. The van der Waals surface area contributed by atoms with E-state index in [0.717, 1.165) is 32.5 Å². The maximum atomic E-state index is 4.99. The van der Waals surface area contributed by atoms with Gasteiger partial charge < -0.3 is 0 Å². The summed E-state index contributed by atoms with van der Waals surface area (Å²) in [6, 6.07) is 23.5. The van der Waals surface area contributed by atoms with E-state index in [1.54, 1.807) is 22.7 Å². The van der Waals surface area contributed by atoms with Gasteiger partial charge in [-0.15, -0.1) is 0 Å². The van der Waals surface area contributed by atoms with Crippen LogP contribution in [0, 0.1) is 0 Å². The van der Waals surface area contributed by atoms with E-state index < -0.39 is 0 Å². The van der Waals surface area contributed by atoms with E-state index in [-0.39, 0.29) is 0 Å². The number of benzene rings is 3. The molecule has 3 aromatic carbocycles. The Morgan fingerprint density at radius 3 is 2.43 bits per heavy atom. The molecular formula is C24H16N2S2. The van der Waals surface area contributed by atoms with Gasteiger partial charge in [0, 0.05) is 5.56 Å². The molecule has 0 aliphatic heterocycles. The lowest BCUT2D eigenvalue weighted by Crippen LogP contribution is -2.29. The number of nitrogens with zero attached hydrogens (tertiary/aromatic N) is 2. The quantitative estimate of drug-likeness (QED) is 0.402. The summed E-state index contributed by atoms with van der Waals surface area (Å²) in [6.45, 7) is 0. The summed E-state index contributed by atoms with van der Waals surface area (Å²) in [7, 11) is 0. The van der Waals surface area contributed by atoms with Crippen molar-refractivity contribution >= 4 is 54.8 Å². The zero-order valence-electron chi connectivity index (χ0n) is 15.1. The van der Waals surface area contributed by atoms with Crippen molar-refractivity contribution in [2.75, 3.05) is 0 Å². The van der Waals surface area contributed by atoms with Crippen LogP contribution in [0.25, 0.3) is 42.7 Å². The third-order valence-electron chi connectivity index (χ3n) is 5.30. The van der Waals surface area contributed by atoms with E-state index in [0.29, 0.717) is 0 Å². The Morgan fingerprint density at radius 1 is 0.714 bits per heavy atom. The first-order valence-corrected chi connectivity index (χ1v) is 11.0. The highest BCUT2D eigenvalue weighted by molar-refractivity contribution is 7.28. The highest BCUT2D eigenvalue weighted by atomic mass is 32.1. The molecule has 0 saturated carbocycles. The zero-order chi connectivity index (χ0) is 18.5. The van der Waals surface area contributed by atoms with Crippen LogP contribution in [0.15, 0.2) is 66.7 Å². The van der Waals surface area contributed by atoms with Gasteiger partial charge in [-0.05, 0) is 39.6 Å². The minimum Gasteiger partial charge on any atom is -0.224 e. The topological polar surface area (TPSA) is 25.8 Å². The van der Waals surface area contributed by atoms with Crippen LogP contribution in [0.3, 0.4) is 0 Å². The van der Waals surface area contributed by atoms with E-state index in [1.165, 1.54) is 32.3 Å². The Labute approximate surface area is 170 Å². The normalized spacial score (nSPS) is 13.6. The molecule has 134 valence electrons. The lowest BCUT2D eigenvalue weighted by atomic mass is 10.0. The minimum absolute atomic E-state index is 1.04. The van der Waals surface area contributed by atoms with Crippen LogP contribution < -0.4 is 10.4 Å². The summed E-state index contributed by atoms with van der Waals surface area (Å²) in [5.74, 6) is 0. The highest BCUT2D eigenvalue weighted by Crippen LogP contribution is 2.37. The average Bonchev–Trinajstić information content (AvgIpc) is 3.32. The SMILES string of the molecule is C1=c2ccccc2=C(c2nc3sc(-c4cccc5ccccc45)nc3s2)CC1. The molecule has 0 unspecified atom stereocenters. The molecule has 5 aromatic rings. The van der Waals surface area contributed by atoms with Gasteiger partial charge in [-0.25, -0.2) is 9.97 Å². The van der Waals surface area contributed by atoms with Crippen LogP contribution in [-0.2, 0) is 0 Å². The van der Waals surface area contributed by atoms with Crippen LogP contribution in [0.1, 0.15) is 17.8 Å². The molecule has 0 saturated heterocycles. The second-order valence-electron chi connectivity index (χ2n) is 6.98. The smallest absolute Gasteiger partial charge is 0.155 e. The van der Waals surface area contributed by atoms with Crippen LogP contribution in [0.5, 0.6) is 0 Å². The number of aromatic nitrogens is 2. The second-order valence-corrected chi connectivity index (χ2v) is 8.94. The molecule has 1 aliphatic carbocycles. The van der Waals surface area contributed by atoms with Crippen LogP contribution in [0.4, 0.5) is 0 Å². The molecule has 28 heavy (non-hydrogen) atoms. The van der Waals surface area contributed by atoms with Gasteiger partial charge in [-0.1, -0.05) is 95.5 Å². The number of rotatable bonds is 2. The van der Waals surface area contributed by atoms with E-state index >= 15 is 0 Å². The van der Waals surface area contributed by atoms with Crippen LogP contribution in [-0.4, -0.2) is 9.97 Å². The van der Waals surface area contributed by atoms with Gasteiger partial charge in [0.15, 0.2) is 9.66 Å². The molecule has 0 N–H and O–H groups in total. The second kappa shape index (κ2) is 6.36. The van der Waals surface area contributed by atoms with Crippen molar-refractivity contribution < 1.29 is 0 Å². The fourth-order valence-electron chi connectivity index (χ4n) is 3.98. The van der Waals surface area contributed by atoms with Gasteiger partial charge >= 0.3 is 0 Å². The summed E-state index contributed by atoms with van der Waals surface area (Å²) < 4.78 is 0. The van der Waals surface area contributed by atoms with Crippen molar-refractivity contribution in [3.63, 3.8) is 0 Å². The van der Waals surface area contributed by atoms with Gasteiger partial charge in [0.25, 0.3) is 0 Å². The fourth-order valence-corrected chi connectivity index (χ4v) is 6.15. The highest BCUT2D eigenvalue weighted by Gasteiger charge is 2.17. The monoisotopic (exact) mass is 396 g/mol. The Balaban J connectivity index is 1.51. The molecule has 0 radical (unpaired) electrons. The van der Waals surface area contributed by atoms with Gasteiger partial charge in [0.05, 0.1) is 0 Å². The number of fused-ring (bicyclic) bond motifs is 3. The van der Waals surface area contributed by atoms with Crippen molar-refractivity contribution in [2.24, 2.45) is 0 Å². The molecule has 0 amide bonds. The van der Waals surface area contributed by atoms with Gasteiger partial charge in [-0.2, -0.15) is 0 Å². The first kappa shape index (κ1) is 16.2. The molecule has 0 spiro atoms. The third kappa shape index (κ3) is 2.53. The Kier molecular flexibility index (Phi) is 3.67. The van der Waals surface area contributed by atoms with E-state index in [4.69, 9.17) is 9.97 Å². The summed E-state index contributed by atoms with van der Waals surface area (Å²) in [4.78, 5) is 12.0. The standard InChI is InChI=1S/C24H16N2S2/c1-3-11-17-15(7-1)9-5-13-19(17)21-25-23-24(27-21)26-22(28-23)20-14-6-10-16-8-2-4-12-18(16)20/h1-5,7-13H,6,14H2. The Morgan fingerprint density at radius 2 is 1.46 bits per heavy atom. The first-order chi connectivity index (χ1) is 13.9. The molecule has 6 rings (SSSR count). The van der Waals surface area contributed by atoms with Crippen molar-refractivity contribution in [3.8, 4) is 10.6 Å². The molecular weight excluding hydrogens is 380 g/mol. The number of hydrogen-bond donors (Lipinski definition) is 0. The molecule has 0 fully saturated rings. The van der Waals surface area contributed by atoms with Gasteiger partial charge in [0.2, 0.25) is 0 Å². The molecule has 0 atom stereocenters. The van der Waals surface area contributed by atoms with E-state index in [9.17, 15) is 0 Å². The van der Waals surface area contributed by atoms with E-state index in [2.05, 4.69) is 72.8 Å².